The van der Waals surface area contributed by atoms with E-state index in [0.29, 0.717) is 5.82 Å². The van der Waals surface area contributed by atoms with Gasteiger partial charge in [-0.15, -0.1) is 11.3 Å². The van der Waals surface area contributed by atoms with Crippen molar-refractivity contribution in [2.45, 2.75) is 13.0 Å². The number of carbonyl (C=O) groups is 1. The molecule has 0 saturated carbocycles. The van der Waals surface area contributed by atoms with E-state index in [9.17, 15) is 4.79 Å². The van der Waals surface area contributed by atoms with Crippen LogP contribution in [0.1, 0.15) is 6.92 Å². The maximum atomic E-state index is 10.9. The molecule has 1 aromatic rings. The molecule has 0 unspecified atom stereocenters. The Bertz CT molecular complexity index is 248. The van der Waals surface area contributed by atoms with E-state index >= 15 is 0 Å². The highest BCUT2D eigenvalue weighted by atomic mass is 32.1. The number of nitrogens with zero attached hydrogens (tertiary/aromatic N) is 1. The number of methoxy groups -OCH3 is 1. The zero-order chi connectivity index (χ0) is 8.97. The van der Waals surface area contributed by atoms with Crippen LogP contribution in [-0.4, -0.2) is 24.1 Å². The summed E-state index contributed by atoms with van der Waals surface area (Å²) < 4.78 is 4.53. The minimum Gasteiger partial charge on any atom is -0.467 e. The van der Waals surface area contributed by atoms with Crippen LogP contribution in [0.15, 0.2) is 10.9 Å². The number of aromatic nitrogens is 1. The second-order valence-corrected chi connectivity index (χ2v) is 2.98. The smallest absolute Gasteiger partial charge is 0.328 e. The summed E-state index contributed by atoms with van der Waals surface area (Å²) in [4.78, 5) is 14.9. The molecular formula is C7H10N2O2S. The number of hydrogen-bond donors (Lipinski definition) is 1. The van der Waals surface area contributed by atoms with Crippen LogP contribution >= 0.6 is 11.3 Å². The standard InChI is InChI=1S/C7H10N2O2S/c1-5(7(10)11-2)9-6-3-12-4-8-6/h3-5,9H,1-2H3/t5-/m1/s1. The van der Waals surface area contributed by atoms with Crippen molar-refractivity contribution in [2.75, 3.05) is 12.4 Å². The average Bonchev–Trinajstić information content (AvgIpc) is 2.55. The maximum Gasteiger partial charge on any atom is 0.328 e. The van der Waals surface area contributed by atoms with E-state index in [1.54, 1.807) is 12.4 Å². The average molecular weight is 186 g/mol. The molecule has 0 aliphatic heterocycles. The van der Waals surface area contributed by atoms with Crippen LogP contribution in [0, 0.1) is 0 Å². The molecule has 1 N–H and O–H groups in total. The van der Waals surface area contributed by atoms with Crippen LogP contribution in [0.5, 0.6) is 0 Å². The van der Waals surface area contributed by atoms with Gasteiger partial charge in [0.1, 0.15) is 11.9 Å². The lowest BCUT2D eigenvalue weighted by molar-refractivity contribution is -0.141. The van der Waals surface area contributed by atoms with Crippen LogP contribution in [-0.2, 0) is 9.53 Å². The number of hydrogen-bond acceptors (Lipinski definition) is 5. The molecule has 0 saturated heterocycles. The van der Waals surface area contributed by atoms with Crippen molar-refractivity contribution < 1.29 is 9.53 Å². The van der Waals surface area contributed by atoms with Gasteiger partial charge < -0.3 is 10.1 Å². The topological polar surface area (TPSA) is 51.2 Å². The summed E-state index contributed by atoms with van der Waals surface area (Å²) in [5.74, 6) is 0.418. The summed E-state index contributed by atoms with van der Waals surface area (Å²) in [7, 11) is 1.36. The highest BCUT2D eigenvalue weighted by Crippen LogP contribution is 2.08. The number of nitrogens with one attached hydrogen (secondary N) is 1. The Hall–Kier alpha value is -1.10. The van der Waals surface area contributed by atoms with Crippen LogP contribution in [0.4, 0.5) is 5.82 Å². The first-order valence-electron chi connectivity index (χ1n) is 3.46. The molecular weight excluding hydrogens is 176 g/mol. The van der Waals surface area contributed by atoms with Gasteiger partial charge in [0.05, 0.1) is 12.6 Å². The molecule has 0 spiro atoms. The lowest BCUT2D eigenvalue weighted by atomic mass is 10.3. The molecule has 66 valence electrons. The Labute approximate surface area is 74.6 Å². The number of rotatable bonds is 3. The molecule has 0 fully saturated rings. The lowest BCUT2D eigenvalue weighted by Crippen LogP contribution is -2.27. The summed E-state index contributed by atoms with van der Waals surface area (Å²) in [6, 6.07) is -0.350. The summed E-state index contributed by atoms with van der Waals surface area (Å²) in [5.41, 5.74) is 1.70. The molecule has 0 amide bonds. The zero-order valence-corrected chi connectivity index (χ0v) is 7.72. The van der Waals surface area contributed by atoms with Gasteiger partial charge in [0.15, 0.2) is 0 Å². The normalized spacial score (nSPS) is 12.2. The van der Waals surface area contributed by atoms with E-state index in [-0.39, 0.29) is 12.0 Å². The fourth-order valence-electron chi connectivity index (χ4n) is 0.741. The molecule has 0 aliphatic rings. The predicted octanol–water partition coefficient (Wildman–Crippen LogP) is 1.12. The quantitative estimate of drug-likeness (QED) is 0.718. The summed E-state index contributed by atoms with van der Waals surface area (Å²) >= 11 is 1.48. The highest BCUT2D eigenvalue weighted by molar-refractivity contribution is 7.07. The fourth-order valence-corrected chi connectivity index (χ4v) is 1.23. The zero-order valence-electron chi connectivity index (χ0n) is 6.90. The molecule has 12 heavy (non-hydrogen) atoms. The Kier molecular flexibility index (Phi) is 3.04. The van der Waals surface area contributed by atoms with Crippen LogP contribution < -0.4 is 5.32 Å². The van der Waals surface area contributed by atoms with E-state index in [2.05, 4.69) is 15.0 Å². The number of ether oxygens (including phenoxy) is 1. The second kappa shape index (κ2) is 4.06. The van der Waals surface area contributed by atoms with Crippen LogP contribution in [0.2, 0.25) is 0 Å². The van der Waals surface area contributed by atoms with Crippen molar-refractivity contribution in [3.05, 3.63) is 10.9 Å². The van der Waals surface area contributed by atoms with Crippen molar-refractivity contribution in [3.63, 3.8) is 0 Å². The largest absolute Gasteiger partial charge is 0.467 e. The third kappa shape index (κ3) is 2.20. The van der Waals surface area contributed by atoms with Crippen molar-refractivity contribution >= 4 is 23.1 Å². The predicted molar refractivity (Wildman–Crippen MR) is 47.2 cm³/mol. The van der Waals surface area contributed by atoms with Crippen molar-refractivity contribution in [1.29, 1.82) is 0 Å². The lowest BCUT2D eigenvalue weighted by Gasteiger charge is -2.09. The molecule has 0 aromatic carbocycles. The summed E-state index contributed by atoms with van der Waals surface area (Å²) in [5, 5.41) is 4.73. The molecule has 0 aliphatic carbocycles. The molecule has 0 radical (unpaired) electrons. The van der Waals surface area contributed by atoms with Gasteiger partial charge in [0, 0.05) is 5.38 Å². The van der Waals surface area contributed by atoms with Gasteiger partial charge >= 0.3 is 5.97 Å². The number of thiazole rings is 1. The second-order valence-electron chi connectivity index (χ2n) is 2.26. The van der Waals surface area contributed by atoms with Gasteiger partial charge in [-0.05, 0) is 6.92 Å². The van der Waals surface area contributed by atoms with Crippen molar-refractivity contribution in [3.8, 4) is 0 Å². The summed E-state index contributed by atoms with van der Waals surface area (Å²) in [6.07, 6.45) is 0. The molecule has 1 atom stereocenters. The maximum absolute atomic E-state index is 10.9. The van der Waals surface area contributed by atoms with Crippen molar-refractivity contribution in [1.82, 2.24) is 4.98 Å². The third-order valence-corrected chi connectivity index (χ3v) is 1.94. The number of carbonyl (C=O) groups excluding carboxylic acids is 1. The molecule has 4 nitrogen and oxygen atoms in total. The highest BCUT2D eigenvalue weighted by Gasteiger charge is 2.12. The Morgan fingerprint density at radius 1 is 1.83 bits per heavy atom. The van der Waals surface area contributed by atoms with E-state index in [4.69, 9.17) is 0 Å². The van der Waals surface area contributed by atoms with Crippen molar-refractivity contribution in [2.24, 2.45) is 0 Å². The van der Waals surface area contributed by atoms with Crippen LogP contribution in [0.3, 0.4) is 0 Å². The first-order valence-corrected chi connectivity index (χ1v) is 4.41. The third-order valence-electron chi connectivity index (χ3n) is 1.35. The van der Waals surface area contributed by atoms with Crippen LogP contribution in [0.25, 0.3) is 0 Å². The number of anilines is 1. The monoisotopic (exact) mass is 186 g/mol. The minimum absolute atomic E-state index is 0.289. The van der Waals surface area contributed by atoms with Gasteiger partial charge in [-0.25, -0.2) is 9.78 Å². The SMILES string of the molecule is COC(=O)[C@@H](C)Nc1cscn1. The first-order chi connectivity index (χ1) is 5.74. The Balaban J connectivity index is 2.47. The molecule has 1 rings (SSSR count). The van der Waals surface area contributed by atoms with Gasteiger partial charge in [0.2, 0.25) is 0 Å². The van der Waals surface area contributed by atoms with Gasteiger partial charge in [-0.3, -0.25) is 0 Å². The van der Waals surface area contributed by atoms with Gasteiger partial charge in [-0.2, -0.15) is 0 Å². The molecule has 1 heterocycles. The van der Waals surface area contributed by atoms with E-state index in [1.807, 2.05) is 5.38 Å². The molecule has 0 bridgehead atoms. The summed E-state index contributed by atoms with van der Waals surface area (Å²) in [6.45, 7) is 1.73. The molecule has 1 aromatic heterocycles. The van der Waals surface area contributed by atoms with Gasteiger partial charge in [0.25, 0.3) is 0 Å². The number of esters is 1. The van der Waals surface area contributed by atoms with E-state index in [0.717, 1.165) is 0 Å². The Morgan fingerprint density at radius 3 is 3.08 bits per heavy atom. The van der Waals surface area contributed by atoms with E-state index in [1.165, 1.54) is 18.4 Å². The fraction of sp³-hybridized carbons (Fsp3) is 0.429. The minimum atomic E-state index is -0.350. The van der Waals surface area contributed by atoms with E-state index < -0.39 is 0 Å². The Morgan fingerprint density at radius 2 is 2.58 bits per heavy atom. The van der Waals surface area contributed by atoms with Gasteiger partial charge in [-0.1, -0.05) is 0 Å². The molecule has 5 heteroatoms. The first kappa shape index (κ1) is 8.99.